The fraction of sp³-hybridized carbons (Fsp3) is 0.739. The maximum Gasteiger partial charge on any atom is 1.00 e. The Bertz CT molecular complexity index is 1240. The van der Waals surface area contributed by atoms with Gasteiger partial charge in [0.25, 0.3) is 0 Å². The number of benzene rings is 1. The minimum absolute atomic E-state index is 0. The van der Waals surface area contributed by atoms with Crippen molar-refractivity contribution in [2.24, 2.45) is 0 Å². The summed E-state index contributed by atoms with van der Waals surface area (Å²) in [4.78, 5) is 25.2. The first kappa shape index (κ1) is 53.6. The summed E-state index contributed by atoms with van der Waals surface area (Å²) in [5, 5.41) is 0. The van der Waals surface area contributed by atoms with Crippen LogP contribution in [-0.4, -0.2) is 38.1 Å². The molecular formula is C46H77NaO7S. The zero-order valence-electron chi connectivity index (χ0n) is 35.4. The van der Waals surface area contributed by atoms with Gasteiger partial charge in [0.1, 0.15) is 10.1 Å². The Hall–Kier alpha value is -1.45. The average Bonchev–Trinajstić information content (AvgIpc) is 3.16. The normalized spacial score (nSPS) is 11.7. The molecule has 0 aliphatic carbocycles. The van der Waals surface area contributed by atoms with Crippen LogP contribution >= 0.6 is 0 Å². The third-order valence-corrected chi connectivity index (χ3v) is 10.8. The first-order valence-electron chi connectivity index (χ1n) is 22.0. The van der Waals surface area contributed by atoms with Gasteiger partial charge < -0.3 is 14.0 Å². The number of unbranched alkanes of at least 4 members (excludes halogenated alkanes) is 26. The summed E-state index contributed by atoms with van der Waals surface area (Å²) in [6.07, 6.45) is 45.1. The molecule has 0 atom stereocenters. The van der Waals surface area contributed by atoms with E-state index in [2.05, 4.69) is 38.2 Å². The summed E-state index contributed by atoms with van der Waals surface area (Å²) >= 11 is 0. The Balaban J connectivity index is 0.0000292. The maximum absolute atomic E-state index is 12.9. The molecule has 0 unspecified atom stereocenters. The fourth-order valence-corrected chi connectivity index (χ4v) is 7.06. The van der Waals surface area contributed by atoms with Crippen molar-refractivity contribution in [3.05, 3.63) is 53.6 Å². The minimum Gasteiger partial charge on any atom is -0.744 e. The summed E-state index contributed by atoms with van der Waals surface area (Å²) in [6.45, 7) is 4.85. The molecule has 0 aliphatic heterocycles. The monoisotopic (exact) mass is 797 g/mol. The first-order chi connectivity index (χ1) is 26.3. The van der Waals surface area contributed by atoms with Crippen LogP contribution in [0.3, 0.4) is 0 Å². The van der Waals surface area contributed by atoms with Gasteiger partial charge in [-0.05, 0) is 82.4 Å². The van der Waals surface area contributed by atoms with Gasteiger partial charge in [-0.1, -0.05) is 167 Å². The molecule has 1 rings (SSSR count). The van der Waals surface area contributed by atoms with Gasteiger partial charge in [0.05, 0.1) is 29.2 Å². The number of hydrogen-bond donors (Lipinski definition) is 0. The van der Waals surface area contributed by atoms with Gasteiger partial charge in [-0.2, -0.15) is 0 Å². The summed E-state index contributed by atoms with van der Waals surface area (Å²) in [5.74, 6) is -1.57. The Morgan fingerprint density at radius 1 is 0.491 bits per heavy atom. The van der Waals surface area contributed by atoms with Crippen LogP contribution < -0.4 is 29.6 Å². The van der Waals surface area contributed by atoms with Gasteiger partial charge in [0.15, 0.2) is 0 Å². The van der Waals surface area contributed by atoms with Crippen LogP contribution in [0.25, 0.3) is 0 Å². The third kappa shape index (κ3) is 31.3. The zero-order chi connectivity index (χ0) is 39.4. The van der Waals surface area contributed by atoms with Crippen molar-refractivity contribution in [2.75, 3.05) is 13.2 Å². The number of hydrogen-bond acceptors (Lipinski definition) is 7. The molecule has 0 amide bonds. The van der Waals surface area contributed by atoms with Crippen LogP contribution in [-0.2, 0) is 19.6 Å². The van der Waals surface area contributed by atoms with Gasteiger partial charge in [-0.15, -0.1) is 0 Å². The number of carbonyl (C=O) groups excluding carboxylic acids is 2. The molecule has 310 valence electrons. The van der Waals surface area contributed by atoms with Crippen LogP contribution in [0.2, 0.25) is 0 Å². The molecule has 0 saturated carbocycles. The molecule has 0 N–H and O–H groups in total. The van der Waals surface area contributed by atoms with Crippen molar-refractivity contribution in [3.63, 3.8) is 0 Å². The van der Waals surface area contributed by atoms with E-state index in [0.29, 0.717) is 12.8 Å². The molecule has 1 aromatic carbocycles. The van der Waals surface area contributed by atoms with Crippen LogP contribution in [0.5, 0.6) is 0 Å². The summed E-state index contributed by atoms with van der Waals surface area (Å²) in [6, 6.07) is 3.11. The molecule has 0 radical (unpaired) electrons. The van der Waals surface area contributed by atoms with Crippen molar-refractivity contribution in [2.45, 2.75) is 211 Å². The Labute approximate surface area is 359 Å². The Morgan fingerprint density at radius 2 is 0.800 bits per heavy atom. The average molecular weight is 797 g/mol. The van der Waals surface area contributed by atoms with Gasteiger partial charge in [0.2, 0.25) is 0 Å². The number of rotatable bonds is 37. The quantitative estimate of drug-likeness (QED) is 0.0217. The van der Waals surface area contributed by atoms with Crippen molar-refractivity contribution in [3.8, 4) is 0 Å². The largest absolute Gasteiger partial charge is 1.00 e. The second-order valence-corrected chi connectivity index (χ2v) is 16.4. The SMILES string of the molecule is CCCCCCCCCCC/C=C/CCCCCCOC(=O)c1ccc(S(=O)(=O)[O-])cc1C(=O)OCCCCCC/C=C/CCCCCCCCCCC.[Na+]. The van der Waals surface area contributed by atoms with Crippen LogP contribution in [0.15, 0.2) is 47.4 Å². The van der Waals surface area contributed by atoms with E-state index in [0.717, 1.165) is 82.4 Å². The molecule has 0 aromatic heterocycles. The van der Waals surface area contributed by atoms with E-state index in [1.165, 1.54) is 116 Å². The number of esters is 2. The Kier molecular flexibility index (Phi) is 37.1. The predicted octanol–water partition coefficient (Wildman–Crippen LogP) is 10.8. The molecule has 1 aromatic rings. The second kappa shape index (κ2) is 38.1. The first-order valence-corrected chi connectivity index (χ1v) is 23.5. The smallest absolute Gasteiger partial charge is 0.744 e. The van der Waals surface area contributed by atoms with E-state index < -0.39 is 27.0 Å². The summed E-state index contributed by atoms with van der Waals surface area (Å²) in [5.41, 5.74) is -0.359. The fourth-order valence-electron chi connectivity index (χ4n) is 6.56. The number of carbonyl (C=O) groups is 2. The third-order valence-electron chi connectivity index (χ3n) is 10.00. The molecule has 55 heavy (non-hydrogen) atoms. The zero-order valence-corrected chi connectivity index (χ0v) is 38.3. The second-order valence-electron chi connectivity index (χ2n) is 15.0. The van der Waals surface area contributed by atoms with E-state index in [4.69, 9.17) is 9.47 Å². The topological polar surface area (TPSA) is 110 Å². The molecule has 9 heteroatoms. The van der Waals surface area contributed by atoms with E-state index in [-0.39, 0.29) is 53.9 Å². The van der Waals surface area contributed by atoms with E-state index in [1.54, 1.807) is 0 Å². The predicted molar refractivity (Wildman–Crippen MR) is 223 cm³/mol. The molecule has 0 spiro atoms. The molecule has 0 fully saturated rings. The van der Waals surface area contributed by atoms with Gasteiger partial charge >= 0.3 is 41.5 Å². The molecule has 0 saturated heterocycles. The minimum atomic E-state index is -4.82. The molecule has 0 bridgehead atoms. The van der Waals surface area contributed by atoms with Crippen molar-refractivity contribution in [1.82, 2.24) is 0 Å². The molecular weight excluding hydrogens is 720 g/mol. The molecule has 7 nitrogen and oxygen atoms in total. The van der Waals surface area contributed by atoms with Gasteiger partial charge in [0, 0.05) is 0 Å². The van der Waals surface area contributed by atoms with E-state index in [1.807, 2.05) is 0 Å². The summed E-state index contributed by atoms with van der Waals surface area (Å²) < 4.78 is 45.7. The van der Waals surface area contributed by atoms with Crippen molar-refractivity contribution >= 4 is 22.1 Å². The number of allylic oxidation sites excluding steroid dienone is 4. The molecule has 0 aliphatic rings. The van der Waals surface area contributed by atoms with Crippen molar-refractivity contribution < 1.29 is 61.6 Å². The summed E-state index contributed by atoms with van der Waals surface area (Å²) in [7, 11) is -4.82. The molecule has 0 heterocycles. The van der Waals surface area contributed by atoms with Gasteiger partial charge in [-0.3, -0.25) is 0 Å². The van der Waals surface area contributed by atoms with E-state index >= 15 is 0 Å². The van der Waals surface area contributed by atoms with Gasteiger partial charge in [-0.25, -0.2) is 18.0 Å². The maximum atomic E-state index is 12.9. The van der Waals surface area contributed by atoms with Crippen molar-refractivity contribution in [1.29, 1.82) is 0 Å². The van der Waals surface area contributed by atoms with Crippen LogP contribution in [0, 0.1) is 0 Å². The number of ether oxygens (including phenoxy) is 2. The van der Waals surface area contributed by atoms with Crippen LogP contribution in [0.1, 0.15) is 227 Å². The standard InChI is InChI=1S/C46H78O7S.Na/c1-3-5-7-9-11-13-15-17-19-21-23-25-27-29-31-33-35-39-52-45(47)43-38-37-42(54(49,50)51)41-44(43)46(48)53-40-36-34-32-30-28-26-24-22-20-18-16-14-12-10-8-6-4-2;/h23-26,37-38,41H,3-22,27-36,39-40H2,1-2H3,(H,49,50,51);/q;+1/p-1/b25-23+,26-24+;. The Morgan fingerprint density at radius 3 is 1.15 bits per heavy atom. The van der Waals surface area contributed by atoms with E-state index in [9.17, 15) is 22.6 Å². The van der Waals surface area contributed by atoms with Crippen LogP contribution in [0.4, 0.5) is 0 Å².